The van der Waals surface area contributed by atoms with Crippen molar-refractivity contribution in [2.24, 2.45) is 5.92 Å². The van der Waals surface area contributed by atoms with Crippen LogP contribution in [0.1, 0.15) is 63.9 Å². The van der Waals surface area contributed by atoms with E-state index in [0.717, 1.165) is 88.7 Å². The molecule has 0 bridgehead atoms. The molecule has 1 aliphatic rings. The standard InChI is InChI=1S/C23H36F4N2O2S/c1-3-29(18-16-24)17-6-4-5-7-19-8-12-21(13-9-19)28(2)32(30,31)22-14-10-20(11-15-22)23(25,26)27/h10-11,14-15,19,21H,3-9,12-13,16-18H2,1-2H3. The lowest BCUT2D eigenvalue weighted by molar-refractivity contribution is -0.137. The largest absolute Gasteiger partial charge is 0.416 e. The summed E-state index contributed by atoms with van der Waals surface area (Å²) in [6.45, 7) is 4.04. The number of hydrogen-bond acceptors (Lipinski definition) is 3. The van der Waals surface area contributed by atoms with E-state index >= 15 is 0 Å². The Morgan fingerprint density at radius 1 is 0.969 bits per heavy atom. The zero-order valence-electron chi connectivity index (χ0n) is 19.1. The first-order chi connectivity index (χ1) is 15.1. The van der Waals surface area contributed by atoms with Crippen LogP contribution in [0.5, 0.6) is 0 Å². The Bertz CT molecular complexity index is 776. The van der Waals surface area contributed by atoms with Crippen LogP contribution in [-0.2, 0) is 16.2 Å². The molecular weight excluding hydrogens is 444 g/mol. The highest BCUT2D eigenvalue weighted by atomic mass is 32.2. The van der Waals surface area contributed by atoms with Gasteiger partial charge in [-0.05, 0) is 75.4 Å². The number of halogens is 4. The molecule has 1 aromatic carbocycles. The van der Waals surface area contributed by atoms with E-state index in [-0.39, 0.29) is 17.6 Å². The zero-order chi connectivity index (χ0) is 23.8. The molecule has 0 N–H and O–H groups in total. The Labute approximate surface area is 190 Å². The fraction of sp³-hybridized carbons (Fsp3) is 0.739. The summed E-state index contributed by atoms with van der Waals surface area (Å²) in [5.74, 6) is 0.585. The van der Waals surface area contributed by atoms with Gasteiger partial charge in [0.15, 0.2) is 0 Å². The van der Waals surface area contributed by atoms with Crippen molar-refractivity contribution in [3.8, 4) is 0 Å². The summed E-state index contributed by atoms with van der Waals surface area (Å²) < 4.78 is 77.7. The van der Waals surface area contributed by atoms with E-state index in [0.29, 0.717) is 12.5 Å². The number of hydrogen-bond donors (Lipinski definition) is 0. The Morgan fingerprint density at radius 3 is 2.12 bits per heavy atom. The molecule has 184 valence electrons. The molecular formula is C23H36F4N2O2S. The van der Waals surface area contributed by atoms with Gasteiger partial charge in [-0.25, -0.2) is 12.8 Å². The van der Waals surface area contributed by atoms with Gasteiger partial charge in [-0.3, -0.25) is 0 Å². The fourth-order valence-electron chi connectivity index (χ4n) is 4.47. The third-order valence-electron chi connectivity index (χ3n) is 6.62. The number of benzene rings is 1. The van der Waals surface area contributed by atoms with Gasteiger partial charge in [-0.1, -0.05) is 26.2 Å². The number of nitrogens with zero attached hydrogens (tertiary/aromatic N) is 2. The Balaban J connectivity index is 1.77. The molecule has 0 aliphatic heterocycles. The van der Waals surface area contributed by atoms with E-state index in [2.05, 4.69) is 4.90 Å². The van der Waals surface area contributed by atoms with Crippen LogP contribution in [0, 0.1) is 5.92 Å². The van der Waals surface area contributed by atoms with Crippen LogP contribution in [-0.4, -0.2) is 57.0 Å². The predicted octanol–water partition coefficient (Wildman–Crippen LogP) is 5.74. The second-order valence-electron chi connectivity index (χ2n) is 8.69. The Morgan fingerprint density at radius 2 is 1.59 bits per heavy atom. The van der Waals surface area contributed by atoms with Gasteiger partial charge in [0.1, 0.15) is 6.67 Å². The van der Waals surface area contributed by atoms with Crippen LogP contribution < -0.4 is 0 Å². The van der Waals surface area contributed by atoms with Crippen molar-refractivity contribution < 1.29 is 26.0 Å². The first-order valence-corrected chi connectivity index (χ1v) is 13.0. The summed E-state index contributed by atoms with van der Waals surface area (Å²) in [6, 6.07) is 3.57. The summed E-state index contributed by atoms with van der Waals surface area (Å²) in [6.07, 6.45) is 3.39. The Hall–Kier alpha value is -1.19. The summed E-state index contributed by atoms with van der Waals surface area (Å²) in [5.41, 5.74) is -0.857. The first-order valence-electron chi connectivity index (χ1n) is 11.5. The van der Waals surface area contributed by atoms with Gasteiger partial charge in [-0.15, -0.1) is 0 Å². The molecule has 9 heteroatoms. The zero-order valence-corrected chi connectivity index (χ0v) is 19.9. The highest BCUT2D eigenvalue weighted by molar-refractivity contribution is 7.89. The van der Waals surface area contributed by atoms with Crippen molar-refractivity contribution in [3.63, 3.8) is 0 Å². The Kier molecular flexibility index (Phi) is 10.4. The molecule has 0 atom stereocenters. The lowest BCUT2D eigenvalue weighted by atomic mass is 9.83. The van der Waals surface area contributed by atoms with Crippen LogP contribution in [0.15, 0.2) is 29.2 Å². The fourth-order valence-corrected chi connectivity index (χ4v) is 5.88. The molecule has 0 spiro atoms. The average molecular weight is 481 g/mol. The third-order valence-corrected chi connectivity index (χ3v) is 8.55. The van der Waals surface area contributed by atoms with Crippen molar-refractivity contribution in [2.45, 2.75) is 75.4 Å². The lowest BCUT2D eigenvalue weighted by Gasteiger charge is -2.34. The number of alkyl halides is 4. The molecule has 1 saturated carbocycles. The monoisotopic (exact) mass is 480 g/mol. The van der Waals surface area contributed by atoms with Crippen LogP contribution in [0.25, 0.3) is 0 Å². The van der Waals surface area contributed by atoms with E-state index in [1.165, 1.54) is 11.4 Å². The molecule has 0 heterocycles. The maximum absolute atomic E-state index is 12.9. The van der Waals surface area contributed by atoms with Gasteiger partial charge in [0.25, 0.3) is 0 Å². The van der Waals surface area contributed by atoms with Crippen LogP contribution in [0.4, 0.5) is 17.6 Å². The van der Waals surface area contributed by atoms with Crippen molar-refractivity contribution in [2.75, 3.05) is 33.4 Å². The molecule has 2 rings (SSSR count). The molecule has 0 saturated heterocycles. The number of unbranched alkanes of at least 4 members (excludes halogenated alkanes) is 2. The number of sulfonamides is 1. The SMILES string of the molecule is CCN(CCF)CCCCCC1CCC(N(C)S(=O)(=O)c2ccc(C(F)(F)F)cc2)CC1. The molecule has 1 fully saturated rings. The summed E-state index contributed by atoms with van der Waals surface area (Å²) >= 11 is 0. The van der Waals surface area contributed by atoms with Crippen molar-refractivity contribution in [1.82, 2.24) is 9.21 Å². The summed E-state index contributed by atoms with van der Waals surface area (Å²) in [7, 11) is -2.30. The van der Waals surface area contributed by atoms with Gasteiger partial charge in [0, 0.05) is 19.6 Å². The third kappa shape index (κ3) is 7.70. The minimum absolute atomic E-state index is 0.107. The van der Waals surface area contributed by atoms with Crippen molar-refractivity contribution >= 4 is 10.0 Å². The van der Waals surface area contributed by atoms with Crippen LogP contribution in [0.2, 0.25) is 0 Å². The second-order valence-corrected chi connectivity index (χ2v) is 10.7. The second kappa shape index (κ2) is 12.3. The maximum atomic E-state index is 12.9. The molecule has 0 aromatic heterocycles. The predicted molar refractivity (Wildman–Crippen MR) is 119 cm³/mol. The van der Waals surface area contributed by atoms with E-state index in [9.17, 15) is 26.0 Å². The van der Waals surface area contributed by atoms with Crippen LogP contribution in [0.3, 0.4) is 0 Å². The molecule has 1 aromatic rings. The first kappa shape index (κ1) is 27.1. The molecule has 32 heavy (non-hydrogen) atoms. The summed E-state index contributed by atoms with van der Waals surface area (Å²) in [4.78, 5) is 2.02. The van der Waals surface area contributed by atoms with E-state index < -0.39 is 21.8 Å². The van der Waals surface area contributed by atoms with Gasteiger partial charge in [0.2, 0.25) is 10.0 Å². The maximum Gasteiger partial charge on any atom is 0.416 e. The topological polar surface area (TPSA) is 40.6 Å². The van der Waals surface area contributed by atoms with Gasteiger partial charge >= 0.3 is 6.18 Å². The van der Waals surface area contributed by atoms with Crippen LogP contribution >= 0.6 is 0 Å². The van der Waals surface area contributed by atoms with Gasteiger partial charge < -0.3 is 4.90 Å². The molecule has 4 nitrogen and oxygen atoms in total. The minimum atomic E-state index is -4.49. The number of rotatable bonds is 12. The van der Waals surface area contributed by atoms with Gasteiger partial charge in [-0.2, -0.15) is 17.5 Å². The normalized spacial score (nSPS) is 20.2. The van der Waals surface area contributed by atoms with Gasteiger partial charge in [0.05, 0.1) is 10.5 Å². The molecule has 0 unspecified atom stereocenters. The average Bonchev–Trinajstić information content (AvgIpc) is 2.77. The lowest BCUT2D eigenvalue weighted by Crippen LogP contribution is -2.39. The highest BCUT2D eigenvalue weighted by Crippen LogP contribution is 2.34. The molecule has 0 amide bonds. The molecule has 0 radical (unpaired) electrons. The molecule has 1 aliphatic carbocycles. The highest BCUT2D eigenvalue weighted by Gasteiger charge is 2.33. The quantitative estimate of drug-likeness (QED) is 0.283. The van der Waals surface area contributed by atoms with E-state index in [4.69, 9.17) is 0 Å². The van der Waals surface area contributed by atoms with Crippen molar-refractivity contribution in [1.29, 1.82) is 0 Å². The minimum Gasteiger partial charge on any atom is -0.301 e. The van der Waals surface area contributed by atoms with E-state index in [1.54, 1.807) is 0 Å². The smallest absolute Gasteiger partial charge is 0.301 e. The summed E-state index contributed by atoms with van der Waals surface area (Å²) in [5, 5.41) is 0. The van der Waals surface area contributed by atoms with E-state index in [1.807, 2.05) is 6.92 Å². The van der Waals surface area contributed by atoms with Crippen molar-refractivity contribution in [3.05, 3.63) is 29.8 Å².